The molecule has 1 aliphatic heterocycles. The number of anilines is 1. The second-order valence-corrected chi connectivity index (χ2v) is 7.02. The Balaban J connectivity index is 1.65. The van der Waals surface area contributed by atoms with Gasteiger partial charge in [0, 0.05) is 18.0 Å². The number of halogens is 1. The molecule has 1 heterocycles. The van der Waals surface area contributed by atoms with Crippen molar-refractivity contribution in [1.82, 2.24) is 0 Å². The first-order valence-corrected chi connectivity index (χ1v) is 8.36. The Kier molecular flexibility index (Phi) is 4.01. The van der Waals surface area contributed by atoms with Gasteiger partial charge in [0.05, 0.1) is 0 Å². The minimum atomic E-state index is -0.157. The van der Waals surface area contributed by atoms with Crippen molar-refractivity contribution in [1.29, 1.82) is 0 Å². The minimum absolute atomic E-state index is 0.157. The third kappa shape index (κ3) is 3.00. The maximum atomic E-state index is 13.3. The topological polar surface area (TPSA) is 24.4 Å². The number of thioether (sulfide) groups is 1. The number of aliphatic imine (C=N–C) groups is 1. The molecule has 2 aliphatic rings. The summed E-state index contributed by atoms with van der Waals surface area (Å²) in [6.07, 6.45) is 6.75. The first-order chi connectivity index (χ1) is 9.67. The lowest BCUT2D eigenvalue weighted by molar-refractivity contribution is 0.232. The Morgan fingerprint density at radius 3 is 2.70 bits per heavy atom. The van der Waals surface area contributed by atoms with Gasteiger partial charge < -0.3 is 5.32 Å². The van der Waals surface area contributed by atoms with Crippen LogP contribution in [0.3, 0.4) is 0 Å². The van der Waals surface area contributed by atoms with E-state index in [2.05, 4.69) is 5.32 Å². The normalized spacial score (nSPS) is 21.6. The SMILES string of the molecule is Cc1cc(NC2=NCC3(CCCCC3)CS2)ccc1F. The Hall–Kier alpha value is -1.03. The molecule has 0 saturated heterocycles. The van der Waals surface area contributed by atoms with Crippen LogP contribution in [0.15, 0.2) is 23.2 Å². The highest BCUT2D eigenvalue weighted by Gasteiger charge is 2.34. The summed E-state index contributed by atoms with van der Waals surface area (Å²) in [5.74, 6) is 1.01. The fourth-order valence-electron chi connectivity index (χ4n) is 3.08. The lowest BCUT2D eigenvalue weighted by atomic mass is 9.75. The van der Waals surface area contributed by atoms with E-state index in [-0.39, 0.29) is 5.82 Å². The molecule has 2 nitrogen and oxygen atoms in total. The van der Waals surface area contributed by atoms with Gasteiger partial charge in [0.15, 0.2) is 5.17 Å². The average molecular weight is 292 g/mol. The maximum Gasteiger partial charge on any atom is 0.161 e. The van der Waals surface area contributed by atoms with Gasteiger partial charge in [-0.15, -0.1) is 0 Å². The van der Waals surface area contributed by atoms with Crippen molar-refractivity contribution in [2.75, 3.05) is 17.6 Å². The molecule has 1 aromatic carbocycles. The van der Waals surface area contributed by atoms with Gasteiger partial charge in [-0.25, -0.2) is 4.39 Å². The van der Waals surface area contributed by atoms with Crippen LogP contribution in [-0.2, 0) is 0 Å². The second kappa shape index (κ2) is 5.76. The quantitative estimate of drug-likeness (QED) is 0.818. The molecule has 1 aromatic rings. The van der Waals surface area contributed by atoms with Crippen molar-refractivity contribution >= 4 is 22.6 Å². The number of aryl methyl sites for hydroxylation is 1. The molecule has 0 aromatic heterocycles. The average Bonchev–Trinajstić information content (AvgIpc) is 2.47. The highest BCUT2D eigenvalue weighted by Crippen LogP contribution is 2.41. The number of rotatable bonds is 1. The third-order valence-electron chi connectivity index (χ3n) is 4.40. The molecule has 0 bridgehead atoms. The number of amidine groups is 1. The summed E-state index contributed by atoms with van der Waals surface area (Å²) in [4.78, 5) is 4.73. The highest BCUT2D eigenvalue weighted by atomic mass is 32.2. The van der Waals surface area contributed by atoms with Gasteiger partial charge in [-0.2, -0.15) is 0 Å². The molecule has 0 amide bonds. The Labute approximate surface area is 124 Å². The van der Waals surface area contributed by atoms with E-state index >= 15 is 0 Å². The zero-order chi connectivity index (χ0) is 14.0. The smallest absolute Gasteiger partial charge is 0.161 e. The number of nitrogens with zero attached hydrogens (tertiary/aromatic N) is 1. The fourth-order valence-corrected chi connectivity index (χ4v) is 4.25. The minimum Gasteiger partial charge on any atom is -0.335 e. The van der Waals surface area contributed by atoms with Crippen LogP contribution in [0.1, 0.15) is 37.7 Å². The third-order valence-corrected chi connectivity index (χ3v) is 5.66. The highest BCUT2D eigenvalue weighted by molar-refractivity contribution is 8.14. The molecule has 1 aliphatic carbocycles. The van der Waals surface area contributed by atoms with E-state index in [1.165, 1.54) is 43.9 Å². The van der Waals surface area contributed by atoms with Crippen LogP contribution < -0.4 is 5.32 Å². The van der Waals surface area contributed by atoms with Crippen molar-refractivity contribution < 1.29 is 4.39 Å². The molecule has 1 spiro atoms. The molecule has 20 heavy (non-hydrogen) atoms. The standard InChI is InChI=1S/C16H21FN2S/c1-12-9-13(5-6-14(12)17)19-15-18-10-16(11-20-15)7-3-2-4-8-16/h5-6,9H,2-4,7-8,10-11H2,1H3,(H,18,19). The Morgan fingerprint density at radius 2 is 2.05 bits per heavy atom. The predicted octanol–water partition coefficient (Wildman–Crippen LogP) is 4.60. The zero-order valence-corrected chi connectivity index (χ0v) is 12.7. The van der Waals surface area contributed by atoms with Crippen LogP contribution in [-0.4, -0.2) is 17.5 Å². The Bertz CT molecular complexity index is 521. The van der Waals surface area contributed by atoms with Crippen LogP contribution in [0, 0.1) is 18.2 Å². The van der Waals surface area contributed by atoms with Gasteiger partial charge >= 0.3 is 0 Å². The molecule has 0 radical (unpaired) electrons. The van der Waals surface area contributed by atoms with Crippen molar-refractivity contribution in [3.8, 4) is 0 Å². The van der Waals surface area contributed by atoms with Crippen LogP contribution in [0.2, 0.25) is 0 Å². The number of hydrogen-bond donors (Lipinski definition) is 1. The number of benzene rings is 1. The van der Waals surface area contributed by atoms with Gasteiger partial charge in [-0.05, 0) is 48.9 Å². The lowest BCUT2D eigenvalue weighted by Gasteiger charge is -2.38. The molecular weight excluding hydrogens is 271 g/mol. The maximum absolute atomic E-state index is 13.3. The molecule has 3 rings (SSSR count). The van der Waals surface area contributed by atoms with E-state index in [1.54, 1.807) is 13.0 Å². The molecule has 0 unspecified atom stereocenters. The van der Waals surface area contributed by atoms with Gasteiger partial charge in [0.1, 0.15) is 5.82 Å². The van der Waals surface area contributed by atoms with Crippen molar-refractivity contribution in [2.24, 2.45) is 10.4 Å². The molecule has 108 valence electrons. The summed E-state index contributed by atoms with van der Waals surface area (Å²) in [6, 6.07) is 5.12. The second-order valence-electron chi connectivity index (χ2n) is 6.06. The van der Waals surface area contributed by atoms with E-state index in [0.29, 0.717) is 11.0 Å². The van der Waals surface area contributed by atoms with E-state index in [4.69, 9.17) is 4.99 Å². The summed E-state index contributed by atoms with van der Waals surface area (Å²) in [5, 5.41) is 4.30. The number of hydrogen-bond acceptors (Lipinski definition) is 3. The summed E-state index contributed by atoms with van der Waals surface area (Å²) < 4.78 is 13.3. The summed E-state index contributed by atoms with van der Waals surface area (Å²) >= 11 is 1.82. The van der Waals surface area contributed by atoms with Gasteiger partial charge in [0.2, 0.25) is 0 Å². The van der Waals surface area contributed by atoms with Crippen LogP contribution in [0.25, 0.3) is 0 Å². The van der Waals surface area contributed by atoms with Crippen molar-refractivity contribution in [3.05, 3.63) is 29.6 Å². The number of nitrogens with one attached hydrogen (secondary N) is 1. The molecule has 0 atom stereocenters. The molecule has 1 saturated carbocycles. The molecule has 1 N–H and O–H groups in total. The van der Waals surface area contributed by atoms with Crippen LogP contribution >= 0.6 is 11.8 Å². The van der Waals surface area contributed by atoms with Crippen LogP contribution in [0.5, 0.6) is 0 Å². The van der Waals surface area contributed by atoms with Crippen molar-refractivity contribution in [2.45, 2.75) is 39.0 Å². The fraction of sp³-hybridized carbons (Fsp3) is 0.562. The first kappa shape index (κ1) is 13.9. The molecule has 4 heteroatoms. The first-order valence-electron chi connectivity index (χ1n) is 7.37. The molecular formula is C16H21FN2S. The Morgan fingerprint density at radius 1 is 1.25 bits per heavy atom. The van der Waals surface area contributed by atoms with E-state index in [1.807, 2.05) is 17.8 Å². The summed E-state index contributed by atoms with van der Waals surface area (Å²) in [6.45, 7) is 2.73. The van der Waals surface area contributed by atoms with Gasteiger partial charge in [-0.1, -0.05) is 31.0 Å². The van der Waals surface area contributed by atoms with E-state index in [9.17, 15) is 4.39 Å². The zero-order valence-electron chi connectivity index (χ0n) is 11.9. The summed E-state index contributed by atoms with van der Waals surface area (Å²) in [5.41, 5.74) is 2.04. The van der Waals surface area contributed by atoms with Crippen molar-refractivity contribution in [3.63, 3.8) is 0 Å². The van der Waals surface area contributed by atoms with Crippen LogP contribution in [0.4, 0.5) is 10.1 Å². The van der Waals surface area contributed by atoms with Gasteiger partial charge in [-0.3, -0.25) is 4.99 Å². The summed E-state index contributed by atoms with van der Waals surface area (Å²) in [7, 11) is 0. The van der Waals surface area contributed by atoms with E-state index < -0.39 is 0 Å². The molecule has 1 fully saturated rings. The lowest BCUT2D eigenvalue weighted by Crippen LogP contribution is -2.35. The monoisotopic (exact) mass is 292 g/mol. The van der Waals surface area contributed by atoms with E-state index in [0.717, 1.165) is 17.4 Å². The predicted molar refractivity (Wildman–Crippen MR) is 85.0 cm³/mol. The largest absolute Gasteiger partial charge is 0.335 e. The van der Waals surface area contributed by atoms with Gasteiger partial charge in [0.25, 0.3) is 0 Å².